The Hall–Kier alpha value is -2.33. The van der Waals surface area contributed by atoms with Crippen LogP contribution >= 0.6 is 15.9 Å². The monoisotopic (exact) mass is 481 g/mol. The average molecular weight is 482 g/mol. The summed E-state index contributed by atoms with van der Waals surface area (Å²) in [4.78, 5) is 34.1. The number of aromatic nitrogens is 2. The fourth-order valence-corrected chi connectivity index (χ4v) is 3.91. The molecule has 1 aliphatic rings. The molecule has 1 aliphatic heterocycles. The van der Waals surface area contributed by atoms with Crippen LogP contribution in [0.25, 0.3) is 11.0 Å². The number of carbonyl (C=O) groups excluding carboxylic acids is 2. The average Bonchev–Trinajstić information content (AvgIpc) is 3.26. The number of pyridine rings is 1. The van der Waals surface area contributed by atoms with Crippen molar-refractivity contribution in [2.75, 3.05) is 30.4 Å². The summed E-state index contributed by atoms with van der Waals surface area (Å²) in [6, 6.07) is -0.0412. The number of rotatable bonds is 5. The molecule has 0 aromatic carbocycles. The van der Waals surface area contributed by atoms with Crippen molar-refractivity contribution in [3.05, 3.63) is 16.9 Å². The Kier molecular flexibility index (Phi) is 6.56. The first kappa shape index (κ1) is 22.4. The summed E-state index contributed by atoms with van der Waals surface area (Å²) < 4.78 is 11.3. The van der Waals surface area contributed by atoms with Crippen LogP contribution in [0.3, 0.4) is 0 Å². The first-order chi connectivity index (χ1) is 14.1. The Morgan fingerprint density at radius 2 is 2.13 bits per heavy atom. The number of amides is 2. The molecular formula is C20H28BrN5O4. The molecule has 0 aliphatic carbocycles. The zero-order valence-corrected chi connectivity index (χ0v) is 19.4. The summed E-state index contributed by atoms with van der Waals surface area (Å²) >= 11 is 3.60. The molecule has 0 unspecified atom stereocenters. The van der Waals surface area contributed by atoms with Gasteiger partial charge in [0.2, 0.25) is 0 Å². The van der Waals surface area contributed by atoms with E-state index in [0.717, 1.165) is 28.5 Å². The second-order valence-electron chi connectivity index (χ2n) is 8.33. The summed E-state index contributed by atoms with van der Waals surface area (Å²) in [5.41, 5.74) is 1.67. The van der Waals surface area contributed by atoms with Crippen molar-refractivity contribution in [2.24, 2.45) is 0 Å². The van der Waals surface area contributed by atoms with Crippen LogP contribution in [0.2, 0.25) is 0 Å². The molecule has 9 nitrogen and oxygen atoms in total. The first-order valence-corrected chi connectivity index (χ1v) is 10.6. The number of anilines is 2. The van der Waals surface area contributed by atoms with Crippen LogP contribution in [0.4, 0.5) is 16.2 Å². The quantitative estimate of drug-likeness (QED) is 0.603. The van der Waals surface area contributed by atoms with Crippen LogP contribution in [0, 0.1) is 0 Å². The molecular weight excluding hydrogens is 454 g/mol. The zero-order chi connectivity index (χ0) is 22.1. The first-order valence-electron chi connectivity index (χ1n) is 9.82. The third-order valence-electron chi connectivity index (χ3n) is 4.84. The minimum absolute atomic E-state index is 0.0412. The van der Waals surface area contributed by atoms with Crippen molar-refractivity contribution in [3.63, 3.8) is 0 Å². The molecule has 10 heteroatoms. The lowest BCUT2D eigenvalue weighted by Gasteiger charge is -2.23. The lowest BCUT2D eigenvalue weighted by atomic mass is 10.2. The van der Waals surface area contributed by atoms with Gasteiger partial charge >= 0.3 is 6.09 Å². The molecule has 0 bridgehead atoms. The van der Waals surface area contributed by atoms with Gasteiger partial charge in [0.05, 0.1) is 27.3 Å². The van der Waals surface area contributed by atoms with Crippen molar-refractivity contribution in [2.45, 2.75) is 51.9 Å². The third kappa shape index (κ3) is 5.04. The number of methoxy groups -OCH3 is 1. The third-order valence-corrected chi connectivity index (χ3v) is 5.42. The highest BCUT2D eigenvalue weighted by Crippen LogP contribution is 2.39. The Labute approximate surface area is 184 Å². The summed E-state index contributed by atoms with van der Waals surface area (Å²) in [5, 5.41) is 6.65. The van der Waals surface area contributed by atoms with Crippen LogP contribution < -0.4 is 15.5 Å². The molecule has 3 rings (SSSR count). The van der Waals surface area contributed by atoms with Gasteiger partial charge in [0.1, 0.15) is 17.4 Å². The van der Waals surface area contributed by atoms with E-state index >= 15 is 0 Å². The second-order valence-corrected chi connectivity index (χ2v) is 9.18. The highest BCUT2D eigenvalue weighted by atomic mass is 79.9. The Morgan fingerprint density at radius 1 is 1.40 bits per heavy atom. The van der Waals surface area contributed by atoms with Crippen molar-refractivity contribution < 1.29 is 19.1 Å². The molecule has 3 N–H and O–H groups in total. The molecule has 30 heavy (non-hydrogen) atoms. The van der Waals surface area contributed by atoms with Crippen molar-refractivity contribution in [1.29, 1.82) is 0 Å². The SMILES string of the molecule is CO[C@@H](C)C(=O)Nc1c[nH]c2ncc(Br)c(N3CC[C@@H](NC(=O)OC(C)(C)C)C3)c12. The van der Waals surface area contributed by atoms with Gasteiger partial charge in [-0.3, -0.25) is 4.79 Å². The number of carbonyl (C=O) groups is 2. The lowest BCUT2D eigenvalue weighted by molar-refractivity contribution is -0.124. The maximum atomic E-state index is 12.3. The number of nitrogens with zero attached hydrogens (tertiary/aromatic N) is 2. The number of ether oxygens (including phenoxy) is 2. The number of nitrogens with one attached hydrogen (secondary N) is 3. The highest BCUT2D eigenvalue weighted by molar-refractivity contribution is 9.10. The van der Waals surface area contributed by atoms with Gasteiger partial charge in [-0.15, -0.1) is 0 Å². The van der Waals surface area contributed by atoms with Crippen LogP contribution in [0.5, 0.6) is 0 Å². The topological polar surface area (TPSA) is 109 Å². The van der Waals surface area contributed by atoms with Gasteiger partial charge in [0.15, 0.2) is 0 Å². The highest BCUT2D eigenvalue weighted by Gasteiger charge is 2.29. The smallest absolute Gasteiger partial charge is 0.407 e. The van der Waals surface area contributed by atoms with Gasteiger partial charge in [-0.25, -0.2) is 9.78 Å². The molecule has 2 aromatic heterocycles. The Balaban J connectivity index is 1.82. The normalized spacial score (nSPS) is 17.8. The summed E-state index contributed by atoms with van der Waals surface area (Å²) in [5.74, 6) is -0.241. The zero-order valence-electron chi connectivity index (χ0n) is 17.8. The van der Waals surface area contributed by atoms with E-state index in [0.29, 0.717) is 17.9 Å². The standard InChI is InChI=1S/C20H28BrN5O4/c1-11(29-5)18(27)25-14-9-23-17-15(14)16(13(21)8-22-17)26-7-6-12(10-26)24-19(28)30-20(2,3)4/h8-9,11-12H,6-7,10H2,1-5H3,(H,22,23)(H,24,28)(H,25,27)/t11-,12+/m0/s1. The number of hydrogen-bond acceptors (Lipinski definition) is 6. The lowest BCUT2D eigenvalue weighted by Crippen LogP contribution is -2.40. The Bertz CT molecular complexity index is 939. The molecule has 2 atom stereocenters. The van der Waals surface area contributed by atoms with E-state index in [1.165, 1.54) is 7.11 Å². The van der Waals surface area contributed by atoms with E-state index in [-0.39, 0.29) is 11.9 Å². The number of halogens is 1. The van der Waals surface area contributed by atoms with Crippen molar-refractivity contribution in [1.82, 2.24) is 15.3 Å². The summed E-state index contributed by atoms with van der Waals surface area (Å²) in [6.07, 6.45) is 3.23. The number of alkyl carbamates (subject to hydrolysis) is 1. The minimum Gasteiger partial charge on any atom is -0.444 e. The van der Waals surface area contributed by atoms with E-state index in [9.17, 15) is 9.59 Å². The number of hydrogen-bond donors (Lipinski definition) is 3. The number of fused-ring (bicyclic) bond motifs is 1. The molecule has 2 amide bonds. The van der Waals surface area contributed by atoms with Gasteiger partial charge in [0.25, 0.3) is 5.91 Å². The molecule has 2 aromatic rings. The molecule has 0 saturated carbocycles. The predicted molar refractivity (Wildman–Crippen MR) is 119 cm³/mol. The van der Waals surface area contributed by atoms with Gasteiger partial charge in [-0.1, -0.05) is 0 Å². The maximum absolute atomic E-state index is 12.3. The minimum atomic E-state index is -0.576. The van der Waals surface area contributed by atoms with Gasteiger partial charge in [-0.2, -0.15) is 0 Å². The number of H-pyrrole nitrogens is 1. The van der Waals surface area contributed by atoms with Gasteiger partial charge < -0.3 is 30.0 Å². The van der Waals surface area contributed by atoms with E-state index in [1.54, 1.807) is 19.3 Å². The molecule has 0 spiro atoms. The Morgan fingerprint density at radius 3 is 2.80 bits per heavy atom. The van der Waals surface area contributed by atoms with Crippen LogP contribution in [-0.2, 0) is 14.3 Å². The summed E-state index contributed by atoms with van der Waals surface area (Å²) in [7, 11) is 1.49. The number of aromatic amines is 1. The summed E-state index contributed by atoms with van der Waals surface area (Å²) in [6.45, 7) is 8.56. The molecule has 164 valence electrons. The van der Waals surface area contributed by atoms with Crippen molar-refractivity contribution >= 4 is 50.3 Å². The van der Waals surface area contributed by atoms with Crippen molar-refractivity contribution in [3.8, 4) is 0 Å². The fourth-order valence-electron chi connectivity index (χ4n) is 3.36. The van der Waals surface area contributed by atoms with Crippen LogP contribution in [0.15, 0.2) is 16.9 Å². The van der Waals surface area contributed by atoms with E-state index in [2.05, 4.69) is 41.4 Å². The molecule has 1 fully saturated rings. The van der Waals surface area contributed by atoms with Gasteiger partial charge in [-0.05, 0) is 50.0 Å². The van der Waals surface area contributed by atoms with E-state index in [4.69, 9.17) is 9.47 Å². The van der Waals surface area contributed by atoms with E-state index in [1.807, 2.05) is 20.8 Å². The fraction of sp³-hybridized carbons (Fsp3) is 0.550. The molecule has 3 heterocycles. The largest absolute Gasteiger partial charge is 0.444 e. The maximum Gasteiger partial charge on any atom is 0.407 e. The van der Waals surface area contributed by atoms with E-state index < -0.39 is 17.8 Å². The second kappa shape index (κ2) is 8.81. The van der Waals surface area contributed by atoms with Gasteiger partial charge in [0, 0.05) is 32.6 Å². The predicted octanol–water partition coefficient (Wildman–Crippen LogP) is 3.40. The van der Waals surface area contributed by atoms with Crippen LogP contribution in [-0.4, -0.2) is 59.9 Å². The van der Waals surface area contributed by atoms with Crippen LogP contribution in [0.1, 0.15) is 34.1 Å². The molecule has 0 radical (unpaired) electrons. The molecule has 1 saturated heterocycles.